The maximum Gasteiger partial charge on any atom is 0.335 e. The first-order valence-electron chi connectivity index (χ1n) is 10.2. The van der Waals surface area contributed by atoms with E-state index in [2.05, 4.69) is 20.4 Å². The van der Waals surface area contributed by atoms with Crippen LogP contribution in [0.1, 0.15) is 90.9 Å². The van der Waals surface area contributed by atoms with Gasteiger partial charge in [0.15, 0.2) is 0 Å². The van der Waals surface area contributed by atoms with Gasteiger partial charge in [0.05, 0.1) is 18.8 Å². The van der Waals surface area contributed by atoms with E-state index in [4.69, 9.17) is 14.2 Å². The van der Waals surface area contributed by atoms with Crippen LogP contribution in [0.25, 0.3) is 0 Å². The van der Waals surface area contributed by atoms with Crippen LogP contribution in [-0.2, 0) is 19.0 Å². The maximum absolute atomic E-state index is 11.7. The molecule has 148 valence electrons. The molecule has 0 spiro atoms. The molecular weight excluding hydrogens is 316 g/mol. The molecule has 0 saturated carbocycles. The molecular formula is C21H40O4. The topological polar surface area (TPSA) is 44.8 Å². The van der Waals surface area contributed by atoms with Gasteiger partial charge < -0.3 is 14.2 Å². The normalized spacial score (nSPS) is 10.8. The summed E-state index contributed by atoms with van der Waals surface area (Å²) in [4.78, 5) is 11.7. The molecule has 0 aromatic rings. The molecule has 0 bridgehead atoms. The van der Waals surface area contributed by atoms with Crippen molar-refractivity contribution in [3.63, 3.8) is 0 Å². The third-order valence-corrected chi connectivity index (χ3v) is 4.10. The Morgan fingerprint density at radius 1 is 0.720 bits per heavy atom. The number of carbonyl (C=O) groups excluding carboxylic acids is 1. The van der Waals surface area contributed by atoms with Crippen molar-refractivity contribution in [3.05, 3.63) is 12.2 Å². The van der Waals surface area contributed by atoms with Gasteiger partial charge in [0.25, 0.3) is 0 Å². The zero-order valence-electron chi connectivity index (χ0n) is 16.7. The van der Waals surface area contributed by atoms with Crippen molar-refractivity contribution in [1.29, 1.82) is 0 Å². The molecule has 0 heterocycles. The number of unbranched alkanes of at least 4 members (excludes halogenated alkanes) is 10. The molecule has 0 aromatic carbocycles. The van der Waals surface area contributed by atoms with E-state index < -0.39 is 0 Å². The van der Waals surface area contributed by atoms with Crippen LogP contribution in [0.15, 0.2) is 12.2 Å². The lowest BCUT2D eigenvalue weighted by molar-refractivity contribution is -0.140. The van der Waals surface area contributed by atoms with E-state index in [1.807, 2.05) is 0 Å². The standard InChI is InChI=1S/C21H40O4/c1-4-6-8-10-12-14-16-23-19-24-18-20(3)21(22)25-17-15-13-11-9-7-5-2/h3-19H2,1-2H3. The van der Waals surface area contributed by atoms with Gasteiger partial charge in [0.1, 0.15) is 6.79 Å². The fraction of sp³-hybridized carbons (Fsp3) is 0.857. The van der Waals surface area contributed by atoms with E-state index in [0.717, 1.165) is 19.3 Å². The Bertz CT molecular complexity index is 315. The predicted molar refractivity (Wildman–Crippen MR) is 104 cm³/mol. The molecule has 0 aliphatic heterocycles. The van der Waals surface area contributed by atoms with E-state index in [1.165, 1.54) is 57.8 Å². The van der Waals surface area contributed by atoms with Gasteiger partial charge in [-0.05, 0) is 12.8 Å². The van der Waals surface area contributed by atoms with Crippen LogP contribution >= 0.6 is 0 Å². The Morgan fingerprint density at radius 3 is 1.84 bits per heavy atom. The summed E-state index contributed by atoms with van der Waals surface area (Å²) in [6, 6.07) is 0. The molecule has 0 aliphatic rings. The highest BCUT2D eigenvalue weighted by atomic mass is 16.7. The Hall–Kier alpha value is -0.870. The lowest BCUT2D eigenvalue weighted by Crippen LogP contribution is -2.14. The highest BCUT2D eigenvalue weighted by Crippen LogP contribution is 2.06. The molecule has 0 rings (SSSR count). The second kappa shape index (κ2) is 19.5. The maximum atomic E-state index is 11.7. The van der Waals surface area contributed by atoms with E-state index in [0.29, 0.717) is 18.8 Å². The number of ether oxygens (including phenoxy) is 3. The smallest absolute Gasteiger partial charge is 0.335 e. The fourth-order valence-electron chi connectivity index (χ4n) is 2.48. The Morgan fingerprint density at radius 2 is 1.24 bits per heavy atom. The van der Waals surface area contributed by atoms with Crippen molar-refractivity contribution in [3.8, 4) is 0 Å². The first kappa shape index (κ1) is 24.1. The number of hydrogen-bond acceptors (Lipinski definition) is 4. The molecule has 0 N–H and O–H groups in total. The van der Waals surface area contributed by atoms with Crippen LogP contribution in [0, 0.1) is 0 Å². The molecule has 0 aliphatic carbocycles. The summed E-state index contributed by atoms with van der Waals surface area (Å²) < 4.78 is 15.9. The molecule has 0 atom stereocenters. The zero-order chi connectivity index (χ0) is 18.6. The highest BCUT2D eigenvalue weighted by Gasteiger charge is 2.08. The highest BCUT2D eigenvalue weighted by molar-refractivity contribution is 5.87. The van der Waals surface area contributed by atoms with Gasteiger partial charge in [0, 0.05) is 6.61 Å². The molecule has 0 radical (unpaired) electrons. The van der Waals surface area contributed by atoms with Gasteiger partial charge in [0.2, 0.25) is 0 Å². The summed E-state index contributed by atoms with van der Waals surface area (Å²) in [6.45, 7) is 9.70. The van der Waals surface area contributed by atoms with E-state index in [1.54, 1.807) is 0 Å². The first-order valence-corrected chi connectivity index (χ1v) is 10.2. The van der Waals surface area contributed by atoms with Gasteiger partial charge in [-0.2, -0.15) is 0 Å². The molecule has 0 amide bonds. The SMILES string of the molecule is C=C(COCOCCCCCCCC)C(=O)OCCCCCCCC. The van der Waals surface area contributed by atoms with Crippen molar-refractivity contribution < 1.29 is 19.0 Å². The zero-order valence-corrected chi connectivity index (χ0v) is 16.7. The molecule has 4 nitrogen and oxygen atoms in total. The van der Waals surface area contributed by atoms with E-state index in [-0.39, 0.29) is 19.4 Å². The quantitative estimate of drug-likeness (QED) is 0.127. The lowest BCUT2D eigenvalue weighted by Gasteiger charge is -2.09. The van der Waals surface area contributed by atoms with Crippen molar-refractivity contribution in [2.24, 2.45) is 0 Å². The summed E-state index contributed by atoms with van der Waals surface area (Å²) >= 11 is 0. The van der Waals surface area contributed by atoms with Crippen LogP contribution in [0.4, 0.5) is 0 Å². The molecule has 0 aromatic heterocycles. The molecule has 0 fully saturated rings. The van der Waals surface area contributed by atoms with Crippen molar-refractivity contribution in [2.75, 3.05) is 26.6 Å². The second-order valence-corrected chi connectivity index (χ2v) is 6.65. The molecule has 0 saturated heterocycles. The Kier molecular flexibility index (Phi) is 18.8. The number of carbonyl (C=O) groups is 1. The molecule has 4 heteroatoms. The van der Waals surface area contributed by atoms with E-state index in [9.17, 15) is 4.79 Å². The molecule has 0 unspecified atom stereocenters. The van der Waals surface area contributed by atoms with Gasteiger partial charge in [-0.1, -0.05) is 84.6 Å². The third kappa shape index (κ3) is 17.7. The monoisotopic (exact) mass is 356 g/mol. The average molecular weight is 357 g/mol. The van der Waals surface area contributed by atoms with Crippen LogP contribution in [-0.4, -0.2) is 32.6 Å². The van der Waals surface area contributed by atoms with E-state index >= 15 is 0 Å². The van der Waals surface area contributed by atoms with Crippen molar-refractivity contribution in [1.82, 2.24) is 0 Å². The van der Waals surface area contributed by atoms with Gasteiger partial charge in [-0.25, -0.2) is 4.79 Å². The third-order valence-electron chi connectivity index (χ3n) is 4.10. The minimum atomic E-state index is -0.357. The van der Waals surface area contributed by atoms with Crippen molar-refractivity contribution >= 4 is 5.97 Å². The predicted octanol–water partition coefficient (Wildman–Crippen LogP) is 5.80. The van der Waals surface area contributed by atoms with Gasteiger partial charge >= 0.3 is 5.97 Å². The number of esters is 1. The lowest BCUT2D eigenvalue weighted by atomic mass is 10.1. The Labute approximate surface area is 155 Å². The minimum Gasteiger partial charge on any atom is -0.462 e. The number of hydrogen-bond donors (Lipinski definition) is 0. The second-order valence-electron chi connectivity index (χ2n) is 6.65. The van der Waals surface area contributed by atoms with Crippen LogP contribution < -0.4 is 0 Å². The van der Waals surface area contributed by atoms with Crippen LogP contribution in [0.5, 0.6) is 0 Å². The van der Waals surface area contributed by atoms with Crippen molar-refractivity contribution in [2.45, 2.75) is 90.9 Å². The van der Waals surface area contributed by atoms with Crippen LogP contribution in [0.2, 0.25) is 0 Å². The van der Waals surface area contributed by atoms with Gasteiger partial charge in [-0.3, -0.25) is 0 Å². The average Bonchev–Trinajstić information content (AvgIpc) is 2.62. The summed E-state index contributed by atoms with van der Waals surface area (Å²) in [5, 5.41) is 0. The summed E-state index contributed by atoms with van der Waals surface area (Å²) in [7, 11) is 0. The van der Waals surface area contributed by atoms with Gasteiger partial charge in [-0.15, -0.1) is 0 Å². The Balaban J connectivity index is 3.34. The fourth-order valence-corrected chi connectivity index (χ4v) is 2.48. The minimum absolute atomic E-state index is 0.172. The van der Waals surface area contributed by atoms with Crippen LogP contribution in [0.3, 0.4) is 0 Å². The summed E-state index contributed by atoms with van der Waals surface area (Å²) in [5.74, 6) is -0.357. The molecule has 25 heavy (non-hydrogen) atoms. The summed E-state index contributed by atoms with van der Waals surface area (Å²) in [5.41, 5.74) is 0.356. The largest absolute Gasteiger partial charge is 0.462 e. The number of rotatable bonds is 19. The first-order chi connectivity index (χ1) is 12.2. The summed E-state index contributed by atoms with van der Waals surface area (Å²) in [6.07, 6.45) is 14.5.